The maximum atomic E-state index is 9.85. The number of nitriles is 1. The van der Waals surface area contributed by atoms with Gasteiger partial charge in [0.2, 0.25) is 11.8 Å². The largest absolute Gasteiger partial charge is 0.422 e. The van der Waals surface area contributed by atoms with Gasteiger partial charge in [-0.2, -0.15) is 10.4 Å². The molecule has 0 bridgehead atoms. The average molecular weight is 388 g/mol. The first-order chi connectivity index (χ1) is 13.7. The topological polar surface area (TPSA) is 94.7 Å². The highest BCUT2D eigenvalue weighted by molar-refractivity contribution is 5.57. The predicted molar refractivity (Wildman–Crippen MR) is 110 cm³/mol. The molecule has 0 fully saturated rings. The van der Waals surface area contributed by atoms with Gasteiger partial charge < -0.3 is 15.0 Å². The Morgan fingerprint density at radius 1 is 1.21 bits per heavy atom. The normalized spacial score (nSPS) is 16.3. The summed E-state index contributed by atoms with van der Waals surface area (Å²) in [5.74, 6) is 1.30. The smallest absolute Gasteiger partial charge is 0.224 e. The second-order valence-electron chi connectivity index (χ2n) is 8.30. The van der Waals surface area contributed by atoms with Gasteiger partial charge in [-0.3, -0.25) is 0 Å². The summed E-state index contributed by atoms with van der Waals surface area (Å²) in [7, 11) is 1.83. The average Bonchev–Trinajstić information content (AvgIpc) is 3.24. The Morgan fingerprint density at radius 2 is 1.90 bits per heavy atom. The van der Waals surface area contributed by atoms with Crippen LogP contribution in [0.5, 0.6) is 5.88 Å². The zero-order valence-corrected chi connectivity index (χ0v) is 17.3. The summed E-state index contributed by atoms with van der Waals surface area (Å²) in [6.07, 6.45) is 3.70. The van der Waals surface area contributed by atoms with Gasteiger partial charge in [0.15, 0.2) is 0 Å². The molecule has 1 aromatic carbocycles. The van der Waals surface area contributed by atoms with E-state index in [1.807, 2.05) is 49.0 Å². The van der Waals surface area contributed by atoms with Crippen molar-refractivity contribution in [3.8, 4) is 17.6 Å². The van der Waals surface area contributed by atoms with E-state index in [4.69, 9.17) is 15.6 Å². The Labute approximate surface area is 170 Å². The molecule has 0 radical (unpaired) electrons. The van der Waals surface area contributed by atoms with E-state index < -0.39 is 0 Å². The number of imidazole rings is 1. The number of hydrogen-bond acceptors (Lipinski definition) is 5. The number of aryl methyl sites for hydroxylation is 2. The number of rotatable bonds is 2. The molecular weight excluding hydrogens is 364 g/mol. The van der Waals surface area contributed by atoms with Crippen LogP contribution in [0.1, 0.15) is 49.3 Å². The SMILES string of the molecule is Cc1nccn1-c1ccc(C2C(C#N)=C(N)Oc3c2c(C(C)(C)C)nn3C)cc1. The van der Waals surface area contributed by atoms with Gasteiger partial charge in [-0.15, -0.1) is 0 Å². The Morgan fingerprint density at radius 3 is 2.45 bits per heavy atom. The van der Waals surface area contributed by atoms with E-state index in [9.17, 15) is 5.26 Å². The Kier molecular flexibility index (Phi) is 4.23. The number of nitrogens with zero attached hydrogens (tertiary/aromatic N) is 5. The summed E-state index contributed by atoms with van der Waals surface area (Å²) in [5, 5.41) is 14.6. The molecule has 0 spiro atoms. The van der Waals surface area contributed by atoms with Gasteiger partial charge in [-0.1, -0.05) is 32.9 Å². The molecule has 0 amide bonds. The van der Waals surface area contributed by atoms with Crippen LogP contribution in [0.2, 0.25) is 0 Å². The van der Waals surface area contributed by atoms with E-state index in [-0.39, 0.29) is 17.2 Å². The summed E-state index contributed by atoms with van der Waals surface area (Å²) in [6.45, 7) is 8.27. The summed E-state index contributed by atoms with van der Waals surface area (Å²) in [5.41, 5.74) is 10.1. The van der Waals surface area contributed by atoms with E-state index >= 15 is 0 Å². The van der Waals surface area contributed by atoms with Crippen molar-refractivity contribution in [3.63, 3.8) is 0 Å². The molecule has 3 aromatic rings. The van der Waals surface area contributed by atoms with E-state index in [0.29, 0.717) is 11.5 Å². The lowest BCUT2D eigenvalue weighted by Gasteiger charge is -2.27. The maximum Gasteiger partial charge on any atom is 0.224 e. The lowest BCUT2D eigenvalue weighted by Crippen LogP contribution is -2.24. The fraction of sp³-hybridized carbons (Fsp3) is 0.318. The number of hydrogen-bond donors (Lipinski definition) is 1. The first-order valence-corrected chi connectivity index (χ1v) is 9.47. The van der Waals surface area contributed by atoms with Crippen molar-refractivity contribution in [1.82, 2.24) is 19.3 Å². The minimum absolute atomic E-state index is 0.128. The van der Waals surface area contributed by atoms with E-state index in [1.54, 1.807) is 10.9 Å². The van der Waals surface area contributed by atoms with Crippen LogP contribution in [0.25, 0.3) is 5.69 Å². The Hall–Kier alpha value is -3.53. The van der Waals surface area contributed by atoms with Gasteiger partial charge >= 0.3 is 0 Å². The third kappa shape index (κ3) is 2.97. The first kappa shape index (κ1) is 18.8. The third-order valence-electron chi connectivity index (χ3n) is 5.24. The quantitative estimate of drug-likeness (QED) is 0.726. The highest BCUT2D eigenvalue weighted by Gasteiger charge is 2.39. The number of nitrogens with two attached hydrogens (primary N) is 1. The molecule has 1 unspecified atom stereocenters. The molecule has 2 aromatic heterocycles. The van der Waals surface area contributed by atoms with E-state index in [2.05, 4.69) is 31.8 Å². The van der Waals surface area contributed by atoms with Gasteiger partial charge in [-0.05, 0) is 24.6 Å². The lowest BCUT2D eigenvalue weighted by atomic mass is 9.79. The minimum Gasteiger partial charge on any atom is -0.422 e. The van der Waals surface area contributed by atoms with Gasteiger partial charge in [-0.25, -0.2) is 9.67 Å². The summed E-state index contributed by atoms with van der Waals surface area (Å²) < 4.78 is 9.53. The number of benzene rings is 1. The van der Waals surface area contributed by atoms with Gasteiger partial charge in [0.25, 0.3) is 0 Å². The van der Waals surface area contributed by atoms with Crippen molar-refractivity contribution in [2.24, 2.45) is 12.8 Å². The van der Waals surface area contributed by atoms with Crippen LogP contribution in [0, 0.1) is 18.3 Å². The van der Waals surface area contributed by atoms with Crippen LogP contribution in [0.3, 0.4) is 0 Å². The van der Waals surface area contributed by atoms with E-state index in [0.717, 1.165) is 28.3 Å². The van der Waals surface area contributed by atoms with Crippen molar-refractivity contribution in [2.45, 2.75) is 39.0 Å². The molecule has 1 aliphatic heterocycles. The molecular formula is C22H24N6O. The zero-order valence-electron chi connectivity index (χ0n) is 17.3. The molecule has 4 rings (SSSR count). The molecule has 0 saturated carbocycles. The van der Waals surface area contributed by atoms with E-state index in [1.165, 1.54) is 0 Å². The van der Waals surface area contributed by atoms with Crippen LogP contribution in [-0.2, 0) is 12.5 Å². The lowest BCUT2D eigenvalue weighted by molar-refractivity contribution is 0.358. The number of fused-ring (bicyclic) bond motifs is 1. The Balaban J connectivity index is 1.89. The summed E-state index contributed by atoms with van der Waals surface area (Å²) in [6, 6.07) is 10.4. The molecule has 7 heteroatoms. The van der Waals surface area contributed by atoms with Crippen LogP contribution < -0.4 is 10.5 Å². The standard InChI is InChI=1S/C22H24N6O/c1-13-25-10-11-28(13)15-8-6-14(7-9-15)17-16(12-23)20(24)29-21-18(17)19(22(2,3)4)26-27(21)5/h6-11,17H,24H2,1-5H3. The minimum atomic E-state index is -0.329. The third-order valence-corrected chi connectivity index (χ3v) is 5.24. The molecule has 3 heterocycles. The zero-order chi connectivity index (χ0) is 20.9. The molecule has 1 aliphatic rings. The van der Waals surface area contributed by atoms with Crippen LogP contribution in [0.15, 0.2) is 48.1 Å². The van der Waals surface area contributed by atoms with Crippen molar-refractivity contribution in [1.29, 1.82) is 5.26 Å². The van der Waals surface area contributed by atoms with Crippen molar-refractivity contribution >= 4 is 0 Å². The molecule has 29 heavy (non-hydrogen) atoms. The first-order valence-electron chi connectivity index (χ1n) is 9.47. The van der Waals surface area contributed by atoms with Crippen molar-refractivity contribution < 1.29 is 4.74 Å². The molecule has 2 N–H and O–H groups in total. The number of allylic oxidation sites excluding steroid dienone is 1. The number of ether oxygens (including phenoxy) is 1. The molecule has 0 aliphatic carbocycles. The van der Waals surface area contributed by atoms with Gasteiger partial charge in [0.1, 0.15) is 17.5 Å². The second-order valence-corrected chi connectivity index (χ2v) is 8.30. The Bertz CT molecular complexity index is 1150. The molecule has 7 nitrogen and oxygen atoms in total. The molecule has 1 atom stereocenters. The van der Waals surface area contributed by atoms with Gasteiger partial charge in [0, 0.05) is 30.5 Å². The number of aromatic nitrogens is 4. The van der Waals surface area contributed by atoms with Crippen LogP contribution in [0.4, 0.5) is 0 Å². The highest BCUT2D eigenvalue weighted by Crippen LogP contribution is 2.46. The van der Waals surface area contributed by atoms with Gasteiger partial charge in [0.05, 0.1) is 17.2 Å². The molecule has 0 saturated heterocycles. The van der Waals surface area contributed by atoms with Crippen molar-refractivity contribution in [2.75, 3.05) is 0 Å². The fourth-order valence-electron chi connectivity index (χ4n) is 3.84. The molecule has 148 valence electrons. The fourth-order valence-corrected chi connectivity index (χ4v) is 3.84. The van der Waals surface area contributed by atoms with Crippen molar-refractivity contribution in [3.05, 3.63) is 70.8 Å². The summed E-state index contributed by atoms with van der Waals surface area (Å²) in [4.78, 5) is 4.28. The highest BCUT2D eigenvalue weighted by atomic mass is 16.5. The van der Waals surface area contributed by atoms with Crippen LogP contribution in [-0.4, -0.2) is 19.3 Å². The second kappa shape index (κ2) is 6.52. The summed E-state index contributed by atoms with van der Waals surface area (Å²) >= 11 is 0. The maximum absolute atomic E-state index is 9.85. The predicted octanol–water partition coefficient (Wildman–Crippen LogP) is 3.43. The van der Waals surface area contributed by atoms with Crippen LogP contribution >= 0.6 is 0 Å². The monoisotopic (exact) mass is 388 g/mol.